The summed E-state index contributed by atoms with van der Waals surface area (Å²) < 4.78 is 10.4. The molecule has 4 rings (SSSR count). The molecule has 1 atom stereocenters. The van der Waals surface area contributed by atoms with E-state index >= 15 is 0 Å². The van der Waals surface area contributed by atoms with Crippen LogP contribution in [0.1, 0.15) is 28.5 Å². The summed E-state index contributed by atoms with van der Waals surface area (Å²) in [6.07, 6.45) is 1.03. The minimum atomic E-state index is -0.327. The lowest BCUT2D eigenvalue weighted by Gasteiger charge is -2.22. The Kier molecular flexibility index (Phi) is 5.90. The van der Waals surface area contributed by atoms with Crippen LogP contribution in [0, 0.1) is 0 Å². The fourth-order valence-electron chi connectivity index (χ4n) is 3.74. The van der Waals surface area contributed by atoms with Gasteiger partial charge in [0.2, 0.25) is 5.91 Å². The number of carbonyl (C=O) groups excluding carboxylic acids is 2. The van der Waals surface area contributed by atoms with Crippen molar-refractivity contribution in [2.24, 2.45) is 0 Å². The Morgan fingerprint density at radius 3 is 2.58 bits per heavy atom. The first-order valence-corrected chi connectivity index (χ1v) is 10.7. The van der Waals surface area contributed by atoms with Crippen molar-refractivity contribution in [3.63, 3.8) is 0 Å². The highest BCUT2D eigenvalue weighted by molar-refractivity contribution is 7.14. The first-order valence-electron chi connectivity index (χ1n) is 9.87. The number of nitrogens with one attached hydrogen (secondary N) is 1. The summed E-state index contributed by atoms with van der Waals surface area (Å²) in [6.45, 7) is 2.05. The van der Waals surface area contributed by atoms with Crippen molar-refractivity contribution in [2.45, 2.75) is 25.8 Å². The van der Waals surface area contributed by atoms with E-state index in [-0.39, 0.29) is 24.3 Å². The number of fused-ring (bicyclic) bond motifs is 1. The zero-order chi connectivity index (χ0) is 22.0. The van der Waals surface area contributed by atoms with Gasteiger partial charge in [-0.1, -0.05) is 18.2 Å². The number of hydrogen-bond acceptors (Lipinski definition) is 6. The highest BCUT2D eigenvalue weighted by atomic mass is 32.1. The van der Waals surface area contributed by atoms with Crippen LogP contribution < -0.4 is 19.7 Å². The Morgan fingerprint density at radius 1 is 1.16 bits per heavy atom. The van der Waals surface area contributed by atoms with Gasteiger partial charge in [-0.05, 0) is 37.1 Å². The van der Waals surface area contributed by atoms with Crippen LogP contribution in [0.4, 0.5) is 10.8 Å². The lowest BCUT2D eigenvalue weighted by Crippen LogP contribution is -2.36. The average molecular weight is 438 g/mol. The molecule has 1 aliphatic heterocycles. The third kappa shape index (κ3) is 4.39. The third-order valence-electron chi connectivity index (χ3n) is 5.19. The molecule has 2 aromatic carbocycles. The average Bonchev–Trinajstić information content (AvgIpc) is 3.35. The van der Waals surface area contributed by atoms with Crippen LogP contribution in [0.25, 0.3) is 0 Å². The summed E-state index contributed by atoms with van der Waals surface area (Å²) in [5.41, 5.74) is 3.18. The Bertz CT molecular complexity index is 1110. The molecule has 0 fully saturated rings. The van der Waals surface area contributed by atoms with Crippen LogP contribution in [0.5, 0.6) is 11.5 Å². The lowest BCUT2D eigenvalue weighted by atomic mass is 10.1. The summed E-state index contributed by atoms with van der Waals surface area (Å²) in [6, 6.07) is 13.0. The molecular formula is C23H23N3O4S. The normalized spacial score (nSPS) is 14.8. The Balaban J connectivity index is 1.44. The van der Waals surface area contributed by atoms with Gasteiger partial charge in [0.05, 0.1) is 26.3 Å². The second kappa shape index (κ2) is 8.77. The monoisotopic (exact) mass is 437 g/mol. The molecule has 0 spiro atoms. The van der Waals surface area contributed by atoms with Crippen molar-refractivity contribution in [2.75, 3.05) is 24.4 Å². The maximum Gasteiger partial charge on any atom is 0.257 e. The van der Waals surface area contributed by atoms with E-state index in [0.717, 1.165) is 12.1 Å². The molecule has 0 bridgehead atoms. The smallest absolute Gasteiger partial charge is 0.257 e. The third-order valence-corrected chi connectivity index (χ3v) is 6.00. The molecule has 160 valence electrons. The zero-order valence-corrected chi connectivity index (χ0v) is 18.4. The summed E-state index contributed by atoms with van der Waals surface area (Å²) in [5.74, 6) is 0.717. The van der Waals surface area contributed by atoms with Crippen LogP contribution in [-0.2, 0) is 17.6 Å². The molecule has 3 aromatic rings. The van der Waals surface area contributed by atoms with Gasteiger partial charge in [0.25, 0.3) is 5.91 Å². The van der Waals surface area contributed by atoms with Crippen molar-refractivity contribution in [3.8, 4) is 11.5 Å². The maximum absolute atomic E-state index is 13.0. The minimum Gasteiger partial charge on any atom is -0.497 e. The summed E-state index contributed by atoms with van der Waals surface area (Å²) in [7, 11) is 3.06. The molecular weight excluding hydrogens is 414 g/mol. The first-order chi connectivity index (χ1) is 15.0. The van der Waals surface area contributed by atoms with Gasteiger partial charge >= 0.3 is 0 Å². The van der Waals surface area contributed by atoms with E-state index in [1.54, 1.807) is 23.6 Å². The lowest BCUT2D eigenvalue weighted by molar-refractivity contribution is -0.118. The fourth-order valence-corrected chi connectivity index (χ4v) is 4.44. The quantitative estimate of drug-likeness (QED) is 0.632. The van der Waals surface area contributed by atoms with Gasteiger partial charge in [0.1, 0.15) is 11.5 Å². The molecule has 0 radical (unpaired) electrons. The van der Waals surface area contributed by atoms with Crippen LogP contribution in [0.3, 0.4) is 0 Å². The minimum absolute atomic E-state index is 0.00170. The number of amides is 2. The predicted octanol–water partition coefficient (Wildman–Crippen LogP) is 3.93. The van der Waals surface area contributed by atoms with Gasteiger partial charge in [-0.3, -0.25) is 14.9 Å². The molecule has 1 aliphatic rings. The molecule has 8 heteroatoms. The van der Waals surface area contributed by atoms with Gasteiger partial charge in [-0.15, -0.1) is 11.3 Å². The molecule has 2 heterocycles. The van der Waals surface area contributed by atoms with Gasteiger partial charge in [-0.25, -0.2) is 4.98 Å². The van der Waals surface area contributed by atoms with Crippen LogP contribution >= 0.6 is 11.3 Å². The van der Waals surface area contributed by atoms with Crippen molar-refractivity contribution in [3.05, 3.63) is 64.7 Å². The molecule has 7 nitrogen and oxygen atoms in total. The number of methoxy groups -OCH3 is 2. The van der Waals surface area contributed by atoms with E-state index in [1.807, 2.05) is 30.0 Å². The number of anilines is 2. The molecule has 1 unspecified atom stereocenters. The van der Waals surface area contributed by atoms with E-state index in [4.69, 9.17) is 9.47 Å². The number of nitrogens with zero attached hydrogens (tertiary/aromatic N) is 2. The Labute approximate surface area is 184 Å². The van der Waals surface area contributed by atoms with Crippen LogP contribution in [-0.4, -0.2) is 37.1 Å². The molecule has 0 saturated heterocycles. The second-order valence-corrected chi connectivity index (χ2v) is 8.18. The van der Waals surface area contributed by atoms with Gasteiger partial charge < -0.3 is 14.4 Å². The van der Waals surface area contributed by atoms with E-state index in [0.29, 0.717) is 27.9 Å². The standard InChI is InChI=1S/C23H23N3O4S/c1-14-8-15-6-4-5-7-20(15)26(14)21(27)11-17-13-31-23(24-17)25-22(28)16-9-18(29-2)12-19(10-16)30-3/h4-7,9-10,12-14H,8,11H2,1-3H3,(H,24,25,28). The van der Waals surface area contributed by atoms with E-state index in [9.17, 15) is 9.59 Å². The van der Waals surface area contributed by atoms with Gasteiger partial charge in [0.15, 0.2) is 5.13 Å². The van der Waals surface area contributed by atoms with Crippen molar-refractivity contribution < 1.29 is 19.1 Å². The Hall–Kier alpha value is -3.39. The molecule has 0 aliphatic carbocycles. The largest absolute Gasteiger partial charge is 0.497 e. The Morgan fingerprint density at radius 2 is 1.87 bits per heavy atom. The highest BCUT2D eigenvalue weighted by Crippen LogP contribution is 2.32. The van der Waals surface area contributed by atoms with Crippen LogP contribution in [0.2, 0.25) is 0 Å². The van der Waals surface area contributed by atoms with Gasteiger partial charge in [0, 0.05) is 28.7 Å². The fraction of sp³-hybridized carbons (Fsp3) is 0.261. The SMILES string of the molecule is COc1cc(OC)cc(C(=O)Nc2nc(CC(=O)N3c4ccccc4CC3C)cs2)c1. The van der Waals surface area contributed by atoms with Crippen molar-refractivity contribution >= 4 is 34.0 Å². The van der Waals surface area contributed by atoms with Gasteiger partial charge in [-0.2, -0.15) is 0 Å². The molecule has 31 heavy (non-hydrogen) atoms. The zero-order valence-electron chi connectivity index (χ0n) is 17.5. The number of ether oxygens (including phenoxy) is 2. The number of thiazole rings is 1. The van der Waals surface area contributed by atoms with Crippen LogP contribution in [0.15, 0.2) is 47.8 Å². The summed E-state index contributed by atoms with van der Waals surface area (Å²) >= 11 is 1.29. The van der Waals surface area contributed by atoms with E-state index in [1.165, 1.54) is 31.1 Å². The topological polar surface area (TPSA) is 80.8 Å². The number of rotatable bonds is 6. The number of benzene rings is 2. The van der Waals surface area contributed by atoms with E-state index in [2.05, 4.69) is 16.4 Å². The van der Waals surface area contributed by atoms with E-state index < -0.39 is 0 Å². The van der Waals surface area contributed by atoms with Crippen molar-refractivity contribution in [1.29, 1.82) is 0 Å². The molecule has 1 aromatic heterocycles. The molecule has 1 N–H and O–H groups in total. The number of hydrogen-bond donors (Lipinski definition) is 1. The predicted molar refractivity (Wildman–Crippen MR) is 120 cm³/mol. The number of aromatic nitrogens is 1. The van der Waals surface area contributed by atoms with Crippen molar-refractivity contribution in [1.82, 2.24) is 4.98 Å². The highest BCUT2D eigenvalue weighted by Gasteiger charge is 2.30. The number of para-hydroxylation sites is 1. The molecule has 0 saturated carbocycles. The summed E-state index contributed by atoms with van der Waals surface area (Å²) in [4.78, 5) is 31.9. The second-order valence-electron chi connectivity index (χ2n) is 7.32. The number of carbonyl (C=O) groups is 2. The molecule has 2 amide bonds. The first kappa shape index (κ1) is 20.9. The summed E-state index contributed by atoms with van der Waals surface area (Å²) in [5, 5.41) is 5.01. The maximum atomic E-state index is 13.0.